The normalized spacial score (nSPS) is 10.7. The molecule has 0 saturated heterocycles. The highest BCUT2D eigenvalue weighted by atomic mass is 16.5. The van der Waals surface area contributed by atoms with Crippen molar-refractivity contribution in [3.63, 3.8) is 0 Å². The Morgan fingerprint density at radius 2 is 1.91 bits per heavy atom. The second-order valence-electron chi connectivity index (χ2n) is 4.74. The quantitative estimate of drug-likeness (QED) is 0.661. The van der Waals surface area contributed by atoms with E-state index in [9.17, 15) is 9.59 Å². The Morgan fingerprint density at radius 3 is 2.41 bits per heavy atom. The molecule has 1 aromatic heterocycles. The van der Waals surface area contributed by atoms with Crippen LogP contribution in [0.25, 0.3) is 0 Å². The first-order chi connectivity index (χ1) is 10.5. The summed E-state index contributed by atoms with van der Waals surface area (Å²) in [5.41, 5.74) is 0.0365. The van der Waals surface area contributed by atoms with Gasteiger partial charge in [0.25, 0.3) is 5.91 Å². The maximum atomic E-state index is 12.5. The topological polar surface area (TPSA) is 89.2 Å². The van der Waals surface area contributed by atoms with Gasteiger partial charge in [-0.2, -0.15) is 0 Å². The van der Waals surface area contributed by atoms with Gasteiger partial charge in [0.2, 0.25) is 0 Å². The molecular weight excluding hydrogens is 290 g/mol. The molecule has 0 aliphatic rings. The second kappa shape index (κ2) is 9.22. The summed E-state index contributed by atoms with van der Waals surface area (Å²) in [6.07, 6.45) is 1.09. The van der Waals surface area contributed by atoms with E-state index in [-0.39, 0.29) is 17.2 Å². The number of hydrogen-bond donors (Lipinski definition) is 1. The molecule has 0 radical (unpaired) electrons. The van der Waals surface area contributed by atoms with Crippen LogP contribution in [0.2, 0.25) is 0 Å². The van der Waals surface area contributed by atoms with Crippen molar-refractivity contribution in [3.8, 4) is 0 Å². The zero-order valence-corrected chi connectivity index (χ0v) is 13.3. The lowest BCUT2D eigenvalue weighted by Gasteiger charge is -2.21. The monoisotopic (exact) mass is 313 g/mol. The Morgan fingerprint density at radius 1 is 1.23 bits per heavy atom. The van der Waals surface area contributed by atoms with E-state index in [0.717, 1.165) is 0 Å². The summed E-state index contributed by atoms with van der Waals surface area (Å²) in [5, 5.41) is 9.12. The fourth-order valence-corrected chi connectivity index (χ4v) is 2.05. The van der Waals surface area contributed by atoms with Crippen LogP contribution >= 0.6 is 0 Å². The molecule has 0 spiro atoms. The lowest BCUT2D eigenvalue weighted by atomic mass is 10.2. The molecule has 0 aliphatic heterocycles. The Labute approximate surface area is 129 Å². The van der Waals surface area contributed by atoms with Crippen molar-refractivity contribution >= 4 is 11.9 Å². The summed E-state index contributed by atoms with van der Waals surface area (Å²) >= 11 is 0. The minimum Gasteiger partial charge on any atom is -0.478 e. The highest BCUT2D eigenvalue weighted by Crippen LogP contribution is 2.18. The lowest BCUT2D eigenvalue weighted by Crippen LogP contribution is -2.35. The number of furan rings is 1. The molecule has 1 N–H and O–H groups in total. The largest absolute Gasteiger partial charge is 0.478 e. The van der Waals surface area contributed by atoms with Gasteiger partial charge in [-0.1, -0.05) is 6.92 Å². The molecule has 124 valence electrons. The molecule has 7 nitrogen and oxygen atoms in total. The van der Waals surface area contributed by atoms with Crippen LogP contribution < -0.4 is 0 Å². The number of amides is 1. The van der Waals surface area contributed by atoms with Crippen molar-refractivity contribution in [1.82, 2.24) is 4.90 Å². The number of rotatable bonds is 10. The highest BCUT2D eigenvalue weighted by molar-refractivity contribution is 5.96. The van der Waals surface area contributed by atoms with Crippen molar-refractivity contribution in [2.24, 2.45) is 0 Å². The Balaban J connectivity index is 2.89. The molecule has 7 heteroatoms. The predicted molar refractivity (Wildman–Crippen MR) is 79.3 cm³/mol. The number of carbonyl (C=O) groups is 2. The van der Waals surface area contributed by atoms with Crippen molar-refractivity contribution in [1.29, 1.82) is 0 Å². The summed E-state index contributed by atoms with van der Waals surface area (Å²) < 4.78 is 15.4. The molecule has 0 bridgehead atoms. The molecule has 0 aliphatic carbocycles. The van der Waals surface area contributed by atoms with Gasteiger partial charge in [0.15, 0.2) is 5.76 Å². The van der Waals surface area contributed by atoms with Crippen LogP contribution in [0.5, 0.6) is 0 Å². The minimum absolute atomic E-state index is 0.0365. The average molecular weight is 313 g/mol. The fraction of sp³-hybridized carbons (Fsp3) is 0.600. The van der Waals surface area contributed by atoms with Gasteiger partial charge in [-0.05, 0) is 6.42 Å². The summed E-state index contributed by atoms with van der Waals surface area (Å²) in [4.78, 5) is 25.2. The fourth-order valence-electron chi connectivity index (χ4n) is 2.05. The van der Waals surface area contributed by atoms with Crippen molar-refractivity contribution in [3.05, 3.63) is 23.2 Å². The predicted octanol–water partition coefficient (Wildman–Crippen LogP) is 1.67. The summed E-state index contributed by atoms with van der Waals surface area (Å²) in [7, 11) is 3.16. The molecule has 0 atom stereocenters. The SMILES string of the molecule is CCc1oc(C(=O)N(CCCOC)CCOC)cc1C(=O)O. The minimum atomic E-state index is -1.09. The van der Waals surface area contributed by atoms with Gasteiger partial charge in [-0.3, -0.25) is 4.79 Å². The van der Waals surface area contributed by atoms with Crippen LogP contribution in [0.4, 0.5) is 0 Å². The van der Waals surface area contributed by atoms with Crippen molar-refractivity contribution < 1.29 is 28.6 Å². The Kier molecular flexibility index (Phi) is 7.62. The van der Waals surface area contributed by atoms with E-state index in [1.54, 1.807) is 26.0 Å². The van der Waals surface area contributed by atoms with E-state index in [1.165, 1.54) is 6.07 Å². The molecule has 1 heterocycles. The van der Waals surface area contributed by atoms with E-state index in [4.69, 9.17) is 19.0 Å². The molecule has 1 rings (SSSR count). The van der Waals surface area contributed by atoms with Gasteiger partial charge >= 0.3 is 5.97 Å². The third kappa shape index (κ3) is 4.85. The maximum absolute atomic E-state index is 12.5. The zero-order valence-electron chi connectivity index (χ0n) is 13.3. The number of carbonyl (C=O) groups excluding carboxylic acids is 1. The molecule has 0 aromatic carbocycles. The lowest BCUT2D eigenvalue weighted by molar-refractivity contribution is 0.0640. The first-order valence-electron chi connectivity index (χ1n) is 7.18. The Bertz CT molecular complexity index is 496. The van der Waals surface area contributed by atoms with Crippen LogP contribution in [0.1, 0.15) is 40.0 Å². The number of aromatic carboxylic acids is 1. The molecule has 0 unspecified atom stereocenters. The van der Waals surface area contributed by atoms with Crippen LogP contribution in [-0.2, 0) is 15.9 Å². The number of methoxy groups -OCH3 is 2. The summed E-state index contributed by atoms with van der Waals surface area (Å²) in [5.74, 6) is -1.08. The maximum Gasteiger partial charge on any atom is 0.339 e. The standard InChI is InChI=1S/C15H23NO6/c1-4-12-11(15(18)19)10-13(22-12)14(17)16(7-9-21-3)6-5-8-20-2/h10H,4-9H2,1-3H3,(H,18,19). The third-order valence-electron chi connectivity index (χ3n) is 3.20. The van der Waals surface area contributed by atoms with E-state index in [2.05, 4.69) is 0 Å². The molecule has 1 aromatic rings. The zero-order chi connectivity index (χ0) is 16.5. The van der Waals surface area contributed by atoms with Gasteiger partial charge in [0.05, 0.1) is 6.61 Å². The van der Waals surface area contributed by atoms with E-state index in [1.807, 2.05) is 0 Å². The molecular formula is C15H23NO6. The van der Waals surface area contributed by atoms with Crippen molar-refractivity contribution in [2.45, 2.75) is 19.8 Å². The molecule has 0 fully saturated rings. The highest BCUT2D eigenvalue weighted by Gasteiger charge is 2.23. The number of aryl methyl sites for hydroxylation is 1. The number of carboxylic acid groups (broad SMARTS) is 1. The van der Waals surface area contributed by atoms with Crippen LogP contribution in [0.3, 0.4) is 0 Å². The van der Waals surface area contributed by atoms with Crippen molar-refractivity contribution in [2.75, 3.05) is 40.5 Å². The van der Waals surface area contributed by atoms with Gasteiger partial charge in [0.1, 0.15) is 11.3 Å². The first-order valence-corrected chi connectivity index (χ1v) is 7.18. The van der Waals surface area contributed by atoms with Crippen LogP contribution in [0.15, 0.2) is 10.5 Å². The van der Waals surface area contributed by atoms with E-state index >= 15 is 0 Å². The number of ether oxygens (including phenoxy) is 2. The summed E-state index contributed by atoms with van der Waals surface area (Å²) in [6.45, 7) is 3.60. The van der Waals surface area contributed by atoms with E-state index < -0.39 is 5.97 Å². The number of carboxylic acids is 1. The molecule has 22 heavy (non-hydrogen) atoms. The molecule has 1 amide bonds. The molecule has 0 saturated carbocycles. The third-order valence-corrected chi connectivity index (χ3v) is 3.20. The Hall–Kier alpha value is -1.86. The average Bonchev–Trinajstić information content (AvgIpc) is 2.94. The van der Waals surface area contributed by atoms with E-state index in [0.29, 0.717) is 44.9 Å². The van der Waals surface area contributed by atoms with Crippen LogP contribution in [0, 0.1) is 0 Å². The van der Waals surface area contributed by atoms with Crippen LogP contribution in [-0.4, -0.2) is 62.4 Å². The second-order valence-corrected chi connectivity index (χ2v) is 4.74. The number of hydrogen-bond acceptors (Lipinski definition) is 5. The summed E-state index contributed by atoms with van der Waals surface area (Å²) in [6, 6.07) is 1.29. The van der Waals surface area contributed by atoms with Gasteiger partial charge in [-0.25, -0.2) is 4.79 Å². The van der Waals surface area contributed by atoms with Gasteiger partial charge < -0.3 is 23.9 Å². The smallest absolute Gasteiger partial charge is 0.339 e. The van der Waals surface area contributed by atoms with Gasteiger partial charge in [0, 0.05) is 46.4 Å². The first kappa shape index (κ1) is 18.2. The van der Waals surface area contributed by atoms with Gasteiger partial charge in [-0.15, -0.1) is 0 Å². The number of nitrogens with zero attached hydrogens (tertiary/aromatic N) is 1.